The summed E-state index contributed by atoms with van der Waals surface area (Å²) < 4.78 is 14.5. The van der Waals surface area contributed by atoms with Gasteiger partial charge in [0.25, 0.3) is 0 Å². The maximum absolute atomic E-state index is 7.26. The standard InChI is InChI=1S/C36H58O2Si2/c1-39(2,29-17-7-5-8-18-29)37-35-25-27-15-11-13-21-31(27)33(35)23-24-34-32-22-14-12-16-28(32)26-36(34)38-40(3,4)30-19-9-6-10-20-30/h25-26,29-30,33-34H,5-24H2,1-4H3. The summed E-state index contributed by atoms with van der Waals surface area (Å²) in [5.74, 6) is 3.83. The zero-order valence-corrected chi connectivity index (χ0v) is 28.4. The van der Waals surface area contributed by atoms with Crippen molar-refractivity contribution in [2.75, 3.05) is 0 Å². The van der Waals surface area contributed by atoms with Crippen molar-refractivity contribution in [3.8, 4) is 0 Å². The average molecular weight is 579 g/mol. The van der Waals surface area contributed by atoms with Gasteiger partial charge in [-0.25, -0.2) is 0 Å². The van der Waals surface area contributed by atoms with Gasteiger partial charge in [0.1, 0.15) is 0 Å². The summed E-state index contributed by atoms with van der Waals surface area (Å²) in [6.45, 7) is 10.1. The molecule has 6 aliphatic rings. The minimum Gasteiger partial charge on any atom is -0.546 e. The molecule has 0 radical (unpaired) electrons. The maximum atomic E-state index is 7.26. The van der Waals surface area contributed by atoms with E-state index in [-0.39, 0.29) is 0 Å². The van der Waals surface area contributed by atoms with E-state index in [9.17, 15) is 0 Å². The lowest BCUT2D eigenvalue weighted by Crippen LogP contribution is -2.38. The van der Waals surface area contributed by atoms with Crippen molar-refractivity contribution in [1.82, 2.24) is 0 Å². The fourth-order valence-corrected chi connectivity index (χ4v) is 15.0. The molecule has 6 aliphatic carbocycles. The zero-order valence-electron chi connectivity index (χ0n) is 26.4. The van der Waals surface area contributed by atoms with Gasteiger partial charge in [-0.2, -0.15) is 0 Å². The molecule has 0 aromatic carbocycles. The Labute approximate surface area is 248 Å². The first kappa shape index (κ1) is 29.1. The van der Waals surface area contributed by atoms with Gasteiger partial charge in [-0.1, -0.05) is 49.7 Å². The molecule has 0 bridgehead atoms. The molecule has 0 amide bonds. The van der Waals surface area contributed by atoms with E-state index in [1.165, 1.54) is 140 Å². The molecule has 6 rings (SSSR count). The fourth-order valence-electron chi connectivity index (χ4n) is 9.46. The van der Waals surface area contributed by atoms with Crippen molar-refractivity contribution in [2.45, 2.75) is 166 Å². The highest BCUT2D eigenvalue weighted by Gasteiger charge is 2.43. The summed E-state index contributed by atoms with van der Waals surface area (Å²) in [7, 11) is -3.52. The average Bonchev–Trinajstić information content (AvgIpc) is 3.48. The van der Waals surface area contributed by atoms with E-state index in [1.807, 2.05) is 0 Å². The normalized spacial score (nSPS) is 28.8. The lowest BCUT2D eigenvalue weighted by molar-refractivity contribution is 0.300. The highest BCUT2D eigenvalue weighted by atomic mass is 28.4. The molecular weight excluding hydrogens is 521 g/mol. The highest BCUT2D eigenvalue weighted by Crippen LogP contribution is 2.50. The quantitative estimate of drug-likeness (QED) is 0.253. The lowest BCUT2D eigenvalue weighted by atomic mass is 9.81. The van der Waals surface area contributed by atoms with Gasteiger partial charge in [0, 0.05) is 11.8 Å². The van der Waals surface area contributed by atoms with Crippen LogP contribution in [0.25, 0.3) is 0 Å². The highest BCUT2D eigenvalue weighted by molar-refractivity contribution is 6.73. The molecule has 2 unspecified atom stereocenters. The van der Waals surface area contributed by atoms with E-state index in [4.69, 9.17) is 8.85 Å². The smallest absolute Gasteiger partial charge is 0.247 e. The summed E-state index contributed by atoms with van der Waals surface area (Å²) in [6, 6.07) is 0. The number of hydrogen-bond acceptors (Lipinski definition) is 2. The lowest BCUT2D eigenvalue weighted by Gasteiger charge is -2.38. The second-order valence-corrected chi connectivity index (χ2v) is 23.8. The van der Waals surface area contributed by atoms with E-state index in [0.29, 0.717) is 11.8 Å². The van der Waals surface area contributed by atoms with Crippen LogP contribution in [0.4, 0.5) is 0 Å². The van der Waals surface area contributed by atoms with Gasteiger partial charge in [-0.3, -0.25) is 0 Å². The van der Waals surface area contributed by atoms with Gasteiger partial charge < -0.3 is 8.85 Å². The molecule has 2 nitrogen and oxygen atoms in total. The number of hydrogen-bond donors (Lipinski definition) is 0. The molecule has 2 atom stereocenters. The van der Waals surface area contributed by atoms with Gasteiger partial charge in [-0.05, 0) is 150 Å². The van der Waals surface area contributed by atoms with Crippen LogP contribution >= 0.6 is 0 Å². The molecule has 0 N–H and O–H groups in total. The third-order valence-electron chi connectivity index (χ3n) is 12.0. The third-order valence-corrected chi connectivity index (χ3v) is 18.6. The molecule has 2 fully saturated rings. The van der Waals surface area contributed by atoms with Gasteiger partial charge in [-0.15, -0.1) is 0 Å². The van der Waals surface area contributed by atoms with Crippen LogP contribution in [0.1, 0.15) is 128 Å². The minimum absolute atomic E-state index is 0.531. The Balaban J connectivity index is 1.19. The van der Waals surface area contributed by atoms with Crippen LogP contribution in [0, 0.1) is 11.8 Å². The molecule has 0 heterocycles. The van der Waals surface area contributed by atoms with Crippen molar-refractivity contribution >= 4 is 16.6 Å². The van der Waals surface area contributed by atoms with Crippen LogP contribution in [0.3, 0.4) is 0 Å². The van der Waals surface area contributed by atoms with Crippen molar-refractivity contribution in [2.24, 2.45) is 11.8 Å². The predicted molar refractivity (Wildman–Crippen MR) is 174 cm³/mol. The Bertz CT molecular complexity index is 965. The van der Waals surface area contributed by atoms with Gasteiger partial charge in [0.05, 0.1) is 11.5 Å². The van der Waals surface area contributed by atoms with Crippen molar-refractivity contribution in [1.29, 1.82) is 0 Å². The molecule has 0 aliphatic heterocycles. The van der Waals surface area contributed by atoms with Crippen LogP contribution in [0.5, 0.6) is 0 Å². The van der Waals surface area contributed by atoms with Crippen molar-refractivity contribution in [3.63, 3.8) is 0 Å². The molecule has 222 valence electrons. The Morgan fingerprint density at radius 1 is 0.525 bits per heavy atom. The molecule has 40 heavy (non-hydrogen) atoms. The summed E-state index contributed by atoms with van der Waals surface area (Å²) >= 11 is 0. The predicted octanol–water partition coefficient (Wildman–Crippen LogP) is 11.6. The van der Waals surface area contributed by atoms with E-state index in [1.54, 1.807) is 22.3 Å². The summed E-state index contributed by atoms with van der Waals surface area (Å²) in [4.78, 5) is 0. The molecular formula is C36H58O2Si2. The van der Waals surface area contributed by atoms with Crippen LogP contribution < -0.4 is 0 Å². The van der Waals surface area contributed by atoms with Gasteiger partial charge in [0.2, 0.25) is 16.6 Å². The minimum atomic E-state index is -1.76. The third kappa shape index (κ3) is 6.19. The number of rotatable bonds is 9. The summed E-state index contributed by atoms with van der Waals surface area (Å²) in [6.07, 6.45) is 32.3. The van der Waals surface area contributed by atoms with Gasteiger partial charge >= 0.3 is 0 Å². The van der Waals surface area contributed by atoms with E-state index < -0.39 is 16.6 Å². The van der Waals surface area contributed by atoms with E-state index in [0.717, 1.165) is 11.1 Å². The zero-order chi connectivity index (χ0) is 27.7. The Morgan fingerprint density at radius 2 is 0.900 bits per heavy atom. The largest absolute Gasteiger partial charge is 0.546 e. The molecule has 0 aromatic rings. The Morgan fingerprint density at radius 3 is 1.30 bits per heavy atom. The Kier molecular flexibility index (Phi) is 8.95. The Hall–Kier alpha value is -1.01. The molecule has 0 aromatic heterocycles. The second-order valence-electron chi connectivity index (χ2n) is 15.4. The first-order valence-electron chi connectivity index (χ1n) is 17.6. The second kappa shape index (κ2) is 12.3. The van der Waals surface area contributed by atoms with E-state index in [2.05, 4.69) is 38.3 Å². The SMILES string of the molecule is C[Si](C)(OC1=CC2=C(CCCC2)C1CCC1C(O[Si](C)(C)C2CCCCC2)=CC2=C1CCCC2)C1CCCCC1. The first-order chi connectivity index (χ1) is 19.3. The molecule has 4 heteroatoms. The number of allylic oxidation sites excluding steroid dienone is 6. The van der Waals surface area contributed by atoms with Crippen LogP contribution in [0.2, 0.25) is 37.3 Å². The van der Waals surface area contributed by atoms with Crippen LogP contribution in [-0.2, 0) is 8.85 Å². The maximum Gasteiger partial charge on any atom is 0.247 e. The first-order valence-corrected chi connectivity index (χ1v) is 23.5. The summed E-state index contributed by atoms with van der Waals surface area (Å²) in [5, 5.41) is 0. The van der Waals surface area contributed by atoms with Crippen LogP contribution in [-0.4, -0.2) is 16.6 Å². The van der Waals surface area contributed by atoms with E-state index >= 15 is 0 Å². The van der Waals surface area contributed by atoms with Crippen molar-refractivity contribution in [3.05, 3.63) is 46.0 Å². The van der Waals surface area contributed by atoms with Crippen molar-refractivity contribution < 1.29 is 8.85 Å². The summed E-state index contributed by atoms with van der Waals surface area (Å²) in [5.41, 5.74) is 8.49. The topological polar surface area (TPSA) is 18.5 Å². The monoisotopic (exact) mass is 578 g/mol. The van der Waals surface area contributed by atoms with Crippen LogP contribution in [0.15, 0.2) is 46.0 Å². The molecule has 2 saturated carbocycles. The fraction of sp³-hybridized carbons (Fsp3) is 0.778. The van der Waals surface area contributed by atoms with Gasteiger partial charge in [0.15, 0.2) is 0 Å². The molecule has 0 saturated heterocycles. The molecule has 0 spiro atoms.